The van der Waals surface area contributed by atoms with Gasteiger partial charge in [-0.2, -0.15) is 0 Å². The lowest BCUT2D eigenvalue weighted by molar-refractivity contribution is -0.120. The molecular formula is C24H26N2O2S2. The molecule has 0 radical (unpaired) electrons. The summed E-state index contributed by atoms with van der Waals surface area (Å²) in [5.74, 6) is 0.772. The van der Waals surface area contributed by atoms with E-state index in [0.717, 1.165) is 16.9 Å². The number of amides is 1. The Bertz CT molecular complexity index is 1100. The summed E-state index contributed by atoms with van der Waals surface area (Å²) < 4.78 is 9.56. The van der Waals surface area contributed by atoms with Crippen molar-refractivity contribution in [3.05, 3.63) is 72.3 Å². The lowest BCUT2D eigenvalue weighted by Gasteiger charge is -2.23. The summed E-state index contributed by atoms with van der Waals surface area (Å²) in [6, 6.07) is 18.7. The van der Waals surface area contributed by atoms with Crippen molar-refractivity contribution >= 4 is 55.2 Å². The van der Waals surface area contributed by atoms with Crippen LogP contribution in [0.5, 0.6) is 0 Å². The van der Waals surface area contributed by atoms with E-state index in [4.69, 9.17) is 4.99 Å². The lowest BCUT2D eigenvalue weighted by atomic mass is 9.90. The van der Waals surface area contributed by atoms with Gasteiger partial charge < -0.3 is 5.32 Å². The van der Waals surface area contributed by atoms with Gasteiger partial charge in [0.05, 0.1) is 12.5 Å². The summed E-state index contributed by atoms with van der Waals surface area (Å²) in [7, 11) is -0.611. The molecule has 0 unspecified atom stereocenters. The van der Waals surface area contributed by atoms with Gasteiger partial charge in [-0.05, 0) is 40.1 Å². The first-order chi connectivity index (χ1) is 14.3. The van der Waals surface area contributed by atoms with E-state index >= 15 is 0 Å². The fourth-order valence-electron chi connectivity index (χ4n) is 3.40. The van der Waals surface area contributed by atoms with Gasteiger partial charge in [-0.15, -0.1) is 0 Å². The minimum atomic E-state index is -0.611. The van der Waals surface area contributed by atoms with Crippen LogP contribution in [0.25, 0.3) is 21.5 Å². The maximum atomic E-state index is 12.3. The summed E-state index contributed by atoms with van der Waals surface area (Å²) in [6.07, 6.45) is 3.65. The molecular weight excluding hydrogens is 412 g/mol. The van der Waals surface area contributed by atoms with E-state index in [1.165, 1.54) is 33.3 Å². The zero-order valence-electron chi connectivity index (χ0n) is 17.5. The Morgan fingerprint density at radius 2 is 1.67 bits per heavy atom. The van der Waals surface area contributed by atoms with Gasteiger partial charge in [0.15, 0.2) is 5.17 Å². The normalized spacial score (nSPS) is 16.1. The highest BCUT2D eigenvalue weighted by Gasteiger charge is 2.25. The zero-order chi connectivity index (χ0) is 21.7. The Balaban J connectivity index is 0.000000589. The molecule has 6 heteroatoms. The van der Waals surface area contributed by atoms with Gasteiger partial charge in [0.1, 0.15) is 0 Å². The van der Waals surface area contributed by atoms with E-state index in [1.807, 2.05) is 31.2 Å². The van der Waals surface area contributed by atoms with Crippen LogP contribution in [-0.2, 0) is 15.6 Å². The molecule has 3 aromatic rings. The van der Waals surface area contributed by atoms with Crippen LogP contribution in [0, 0.1) is 0 Å². The molecule has 1 heterocycles. The minimum Gasteiger partial charge on any atom is -0.305 e. The van der Waals surface area contributed by atoms with Gasteiger partial charge in [-0.1, -0.05) is 72.4 Å². The van der Waals surface area contributed by atoms with Crippen LogP contribution >= 0.6 is 11.8 Å². The first kappa shape index (κ1) is 22.2. The number of fused-ring (bicyclic) bond motifs is 2. The first-order valence-electron chi connectivity index (χ1n) is 9.65. The molecule has 0 spiro atoms. The average Bonchev–Trinajstić information content (AvgIpc) is 2.69. The number of nitrogens with zero attached hydrogens (tertiary/aromatic N) is 1. The SMILES string of the molecule is C=C(C)CSC1=N[C@@H](c2c3ccccc3cc3ccccc23)CC(=O)N1.CS(C)=O. The van der Waals surface area contributed by atoms with Crippen LogP contribution in [0.2, 0.25) is 0 Å². The van der Waals surface area contributed by atoms with E-state index in [2.05, 4.69) is 42.2 Å². The fraction of sp³-hybridized carbons (Fsp3) is 0.250. The summed E-state index contributed by atoms with van der Waals surface area (Å²) in [5, 5.41) is 8.28. The Labute approximate surface area is 184 Å². The molecule has 1 N–H and O–H groups in total. The van der Waals surface area contributed by atoms with Gasteiger partial charge in [-0.3, -0.25) is 14.0 Å². The van der Waals surface area contributed by atoms with E-state index in [0.29, 0.717) is 11.6 Å². The molecule has 4 nitrogen and oxygen atoms in total. The van der Waals surface area contributed by atoms with Crippen molar-refractivity contribution in [2.75, 3.05) is 18.3 Å². The number of thioether (sulfide) groups is 1. The largest absolute Gasteiger partial charge is 0.305 e. The van der Waals surface area contributed by atoms with Crippen LogP contribution < -0.4 is 5.32 Å². The molecule has 3 aromatic carbocycles. The number of aliphatic imine (C=N–C) groups is 1. The van der Waals surface area contributed by atoms with Crippen molar-refractivity contribution in [2.24, 2.45) is 4.99 Å². The number of benzene rings is 3. The smallest absolute Gasteiger partial charge is 0.228 e. The van der Waals surface area contributed by atoms with E-state index in [1.54, 1.807) is 12.5 Å². The molecule has 0 fully saturated rings. The third-order valence-electron chi connectivity index (χ3n) is 4.50. The Kier molecular flexibility index (Phi) is 7.45. The van der Waals surface area contributed by atoms with Crippen molar-refractivity contribution in [3.63, 3.8) is 0 Å². The van der Waals surface area contributed by atoms with Crippen molar-refractivity contribution in [3.8, 4) is 0 Å². The number of amidine groups is 1. The molecule has 1 aliphatic rings. The van der Waals surface area contributed by atoms with Crippen molar-refractivity contribution in [1.82, 2.24) is 5.32 Å². The molecule has 0 aromatic heterocycles. The van der Waals surface area contributed by atoms with Crippen molar-refractivity contribution < 1.29 is 9.00 Å². The number of rotatable bonds is 3. The summed E-state index contributed by atoms with van der Waals surface area (Å²) in [6.45, 7) is 5.91. The average molecular weight is 439 g/mol. The van der Waals surface area contributed by atoms with E-state index in [-0.39, 0.29) is 11.9 Å². The molecule has 156 valence electrons. The summed E-state index contributed by atoms with van der Waals surface area (Å²) in [4.78, 5) is 17.2. The molecule has 30 heavy (non-hydrogen) atoms. The summed E-state index contributed by atoms with van der Waals surface area (Å²) in [5.41, 5.74) is 2.20. The monoisotopic (exact) mass is 438 g/mol. The Morgan fingerprint density at radius 1 is 1.13 bits per heavy atom. The minimum absolute atomic E-state index is 0.0197. The molecule has 0 saturated carbocycles. The molecule has 0 bridgehead atoms. The second-order valence-electron chi connectivity index (χ2n) is 7.42. The second kappa shape index (κ2) is 10.0. The second-order valence-corrected chi connectivity index (χ2v) is 9.87. The van der Waals surface area contributed by atoms with E-state index < -0.39 is 10.8 Å². The number of carbonyl (C=O) groups is 1. The maximum absolute atomic E-state index is 12.3. The van der Waals surface area contributed by atoms with Gasteiger partial charge in [0.2, 0.25) is 5.91 Å². The highest BCUT2D eigenvalue weighted by atomic mass is 32.2. The molecule has 1 atom stereocenters. The van der Waals surface area contributed by atoms with Crippen LogP contribution in [0.4, 0.5) is 0 Å². The quantitative estimate of drug-likeness (QED) is 0.451. The zero-order valence-corrected chi connectivity index (χ0v) is 19.1. The van der Waals surface area contributed by atoms with Crippen molar-refractivity contribution in [2.45, 2.75) is 19.4 Å². The van der Waals surface area contributed by atoms with Crippen molar-refractivity contribution in [1.29, 1.82) is 0 Å². The molecule has 0 aliphatic carbocycles. The highest BCUT2D eigenvalue weighted by molar-refractivity contribution is 8.14. The molecule has 1 amide bonds. The maximum Gasteiger partial charge on any atom is 0.228 e. The number of hydrogen-bond acceptors (Lipinski definition) is 4. The third-order valence-corrected chi connectivity index (χ3v) is 5.62. The summed E-state index contributed by atoms with van der Waals surface area (Å²) >= 11 is 1.54. The van der Waals surface area contributed by atoms with Crippen LogP contribution in [-0.4, -0.2) is 33.5 Å². The number of carbonyl (C=O) groups excluding carboxylic acids is 1. The lowest BCUT2D eigenvalue weighted by Crippen LogP contribution is -2.34. The topological polar surface area (TPSA) is 58.5 Å². The molecule has 4 rings (SSSR count). The van der Waals surface area contributed by atoms with Gasteiger partial charge in [0.25, 0.3) is 0 Å². The Morgan fingerprint density at radius 3 is 2.20 bits per heavy atom. The van der Waals surface area contributed by atoms with Crippen LogP contribution in [0.1, 0.15) is 24.9 Å². The first-order valence-corrected chi connectivity index (χ1v) is 12.6. The number of hydrogen-bond donors (Lipinski definition) is 1. The highest BCUT2D eigenvalue weighted by Crippen LogP contribution is 2.37. The predicted molar refractivity (Wildman–Crippen MR) is 132 cm³/mol. The Hall–Kier alpha value is -2.44. The van der Waals surface area contributed by atoms with Gasteiger partial charge in [-0.25, -0.2) is 0 Å². The standard InChI is InChI=1S/C22H20N2OS.C2H6OS/c1-14(2)13-26-22-23-19(12-20(25)24-22)21-17-9-5-3-7-15(17)11-16-8-4-6-10-18(16)21;1-4(2)3/h3-11,19H,1,12-13H2,2H3,(H,23,24,25);1-2H3/t19-;/m1./s1. The molecule has 1 aliphatic heterocycles. The van der Waals surface area contributed by atoms with Gasteiger partial charge in [0, 0.05) is 29.1 Å². The third kappa shape index (κ3) is 5.58. The molecule has 0 saturated heterocycles. The van der Waals surface area contributed by atoms with Gasteiger partial charge >= 0.3 is 0 Å². The van der Waals surface area contributed by atoms with Crippen LogP contribution in [0.15, 0.2) is 71.7 Å². The number of nitrogens with one attached hydrogen (secondary N) is 1. The van der Waals surface area contributed by atoms with Crippen LogP contribution in [0.3, 0.4) is 0 Å². The fourth-order valence-corrected chi connectivity index (χ4v) is 4.18. The predicted octanol–water partition coefficient (Wildman–Crippen LogP) is 5.21. The van der Waals surface area contributed by atoms with E-state index in [9.17, 15) is 9.00 Å².